The van der Waals surface area contributed by atoms with Crippen molar-refractivity contribution < 1.29 is 0 Å². The van der Waals surface area contributed by atoms with Gasteiger partial charge in [-0.1, -0.05) is 390 Å². The highest BCUT2D eigenvalue weighted by Gasteiger charge is 2.46. The summed E-state index contributed by atoms with van der Waals surface area (Å²) in [5, 5.41) is 10.5. The Morgan fingerprint density at radius 2 is 0.379 bits per heavy atom. The quantitative estimate of drug-likeness (QED) is 0.0279. The van der Waals surface area contributed by atoms with Gasteiger partial charge in [-0.25, -0.2) is 0 Å². The first-order valence-electron chi connectivity index (χ1n) is 41.5. The summed E-state index contributed by atoms with van der Waals surface area (Å²) in [6, 6.07) is 88.1. The zero-order chi connectivity index (χ0) is 70.3. The minimum Gasteiger partial charge on any atom is -0.0654 e. The van der Waals surface area contributed by atoms with Gasteiger partial charge in [-0.2, -0.15) is 0 Å². The summed E-state index contributed by atoms with van der Waals surface area (Å²) in [6.45, 7) is 14.2. The van der Waals surface area contributed by atoms with Crippen LogP contribution >= 0.6 is 0 Å². The lowest BCUT2D eigenvalue weighted by molar-refractivity contribution is 0.401. The molecule has 0 radical (unpaired) electrons. The van der Waals surface area contributed by atoms with Crippen LogP contribution in [0.2, 0.25) is 0 Å². The predicted octanol–water partition coefficient (Wildman–Crippen LogP) is 31.6. The zero-order valence-corrected chi connectivity index (χ0v) is 63.5. The molecule has 12 aromatic carbocycles. The van der Waals surface area contributed by atoms with Crippen molar-refractivity contribution in [1.29, 1.82) is 0 Å². The Hall–Kier alpha value is -8.32. The summed E-state index contributed by atoms with van der Waals surface area (Å²) in [6.07, 6.45) is 37.8. The molecular weight excluding hydrogens is 1240 g/mol. The number of fused-ring (bicyclic) bond motifs is 13. The molecule has 15 rings (SSSR count). The van der Waals surface area contributed by atoms with Crippen LogP contribution in [0.25, 0.3) is 121 Å². The van der Waals surface area contributed by atoms with Gasteiger partial charge in [-0.15, -0.1) is 0 Å². The van der Waals surface area contributed by atoms with Crippen molar-refractivity contribution >= 4 is 43.1 Å². The van der Waals surface area contributed by atoms with E-state index in [9.17, 15) is 0 Å². The first-order chi connectivity index (χ1) is 50.9. The van der Waals surface area contributed by atoms with Crippen molar-refractivity contribution in [2.24, 2.45) is 0 Å². The Morgan fingerprint density at radius 1 is 0.175 bits per heavy atom. The average Bonchev–Trinajstić information content (AvgIpc) is 1.69. The monoisotopic (exact) mass is 1350 g/mol. The first kappa shape index (κ1) is 70.3. The molecule has 0 bridgehead atoms. The van der Waals surface area contributed by atoms with E-state index in [0.29, 0.717) is 0 Å². The lowest BCUT2D eigenvalue weighted by atomic mass is 9.69. The molecule has 12 aromatic rings. The van der Waals surface area contributed by atoms with Gasteiger partial charge in [0.2, 0.25) is 0 Å². The number of hydrogen-bond donors (Lipinski definition) is 0. The van der Waals surface area contributed by atoms with E-state index < -0.39 is 0 Å². The molecule has 526 valence electrons. The molecule has 0 fully saturated rings. The van der Waals surface area contributed by atoms with E-state index in [-0.39, 0.29) is 16.2 Å². The van der Waals surface area contributed by atoms with Crippen LogP contribution in [0.15, 0.2) is 218 Å². The molecule has 0 nitrogen and oxygen atoms in total. The van der Waals surface area contributed by atoms with Crippen LogP contribution in [0.3, 0.4) is 0 Å². The summed E-state index contributed by atoms with van der Waals surface area (Å²) in [7, 11) is 0. The van der Waals surface area contributed by atoms with Crippen molar-refractivity contribution in [2.45, 2.75) is 250 Å². The summed E-state index contributed by atoms with van der Waals surface area (Å²) in [5.74, 6) is 0. The third-order valence-corrected chi connectivity index (χ3v) is 25.7. The minimum absolute atomic E-state index is 0.00231. The molecule has 0 saturated carbocycles. The Labute approximate surface area is 619 Å². The van der Waals surface area contributed by atoms with Gasteiger partial charge in [-0.05, 0) is 217 Å². The number of hydrogen-bond acceptors (Lipinski definition) is 0. The molecule has 0 unspecified atom stereocenters. The van der Waals surface area contributed by atoms with Gasteiger partial charge in [-0.3, -0.25) is 0 Å². The maximum Gasteiger partial charge on any atom is 0.0215 e. The molecule has 0 atom stereocenters. The van der Waals surface area contributed by atoms with Crippen molar-refractivity contribution in [3.05, 3.63) is 252 Å². The van der Waals surface area contributed by atoms with Gasteiger partial charge >= 0.3 is 0 Å². The molecule has 0 saturated heterocycles. The number of benzene rings is 12. The van der Waals surface area contributed by atoms with Gasteiger partial charge < -0.3 is 0 Å². The van der Waals surface area contributed by atoms with Gasteiger partial charge in [0.05, 0.1) is 0 Å². The Balaban J connectivity index is 0.881. The molecule has 0 heteroatoms. The van der Waals surface area contributed by atoms with Gasteiger partial charge in [0.1, 0.15) is 0 Å². The van der Waals surface area contributed by atoms with Crippen molar-refractivity contribution in [1.82, 2.24) is 0 Å². The maximum absolute atomic E-state index is 2.74. The zero-order valence-electron chi connectivity index (χ0n) is 63.5. The van der Waals surface area contributed by atoms with Crippen LogP contribution < -0.4 is 0 Å². The summed E-state index contributed by atoms with van der Waals surface area (Å²) < 4.78 is 0. The molecule has 3 aliphatic rings. The van der Waals surface area contributed by atoms with Crippen molar-refractivity contribution in [3.8, 4) is 77.9 Å². The second-order valence-corrected chi connectivity index (χ2v) is 31.9. The molecule has 103 heavy (non-hydrogen) atoms. The maximum atomic E-state index is 2.74. The highest BCUT2D eigenvalue weighted by atomic mass is 14.5. The fourth-order valence-corrected chi connectivity index (χ4v) is 20.6. The highest BCUT2D eigenvalue weighted by molar-refractivity contribution is 6.30. The van der Waals surface area contributed by atoms with Crippen LogP contribution in [-0.4, -0.2) is 0 Å². The molecule has 0 spiro atoms. The van der Waals surface area contributed by atoms with Gasteiger partial charge in [0.15, 0.2) is 0 Å². The molecule has 0 aliphatic heterocycles. The first-order valence-corrected chi connectivity index (χ1v) is 41.5. The third-order valence-electron chi connectivity index (χ3n) is 25.7. The van der Waals surface area contributed by atoms with Crippen LogP contribution in [0.4, 0.5) is 0 Å². The molecular formula is C103H114. The van der Waals surface area contributed by atoms with E-state index in [4.69, 9.17) is 0 Å². The van der Waals surface area contributed by atoms with Gasteiger partial charge in [0, 0.05) is 16.2 Å². The smallest absolute Gasteiger partial charge is 0.0215 e. The van der Waals surface area contributed by atoms with Crippen LogP contribution in [-0.2, 0) is 16.2 Å². The molecule has 0 heterocycles. The summed E-state index contributed by atoms with van der Waals surface area (Å²) in [4.78, 5) is 0. The Kier molecular flexibility index (Phi) is 21.6. The number of unbranched alkanes of at least 4 members (excludes halogenated alkanes) is 18. The molecule has 0 N–H and O–H groups in total. The standard InChI is InChI=1S/C103H114/c1-7-13-19-37-63-101(64-38-20-14-8-2)91-53-35-33-43-77(91)79-59-55-73(69-93(79)101)74-56-60-81-82-62-58-76(72-96(82)103(94(81)70-74,67-41-23-17-11-5)68-42-24-18-12-6)98-85-47-27-31-51-89(85)100(90-52-32-28-48-86(90)98)99-87-49-29-25-45-83(87)97(84-46-26-30-50-88(84)99)75-57-61-80-78-44-34-36-54-92(78)102(95(80)71-75,65-39-21-15-9-3)66-40-22-16-10-4/h25-36,43-62,69-72H,7-24,37-42,63-68H2,1-6H3. The fraction of sp³-hybridized carbons (Fsp3) is 0.379. The summed E-state index contributed by atoms with van der Waals surface area (Å²) >= 11 is 0. The number of rotatable bonds is 34. The summed E-state index contributed by atoms with van der Waals surface area (Å²) in [5.41, 5.74) is 28.9. The highest BCUT2D eigenvalue weighted by Crippen LogP contribution is 2.61. The molecule has 0 aromatic heterocycles. The van der Waals surface area contributed by atoms with E-state index in [1.165, 1.54) is 314 Å². The van der Waals surface area contributed by atoms with E-state index in [2.05, 4.69) is 260 Å². The van der Waals surface area contributed by atoms with E-state index in [1.54, 1.807) is 33.4 Å². The second kappa shape index (κ2) is 31.6. The van der Waals surface area contributed by atoms with Crippen molar-refractivity contribution in [3.63, 3.8) is 0 Å². The second-order valence-electron chi connectivity index (χ2n) is 31.9. The Bertz CT molecular complexity index is 4830. The largest absolute Gasteiger partial charge is 0.0654 e. The molecule has 3 aliphatic carbocycles. The minimum atomic E-state index is -0.119. The van der Waals surface area contributed by atoms with E-state index in [0.717, 1.165) is 0 Å². The van der Waals surface area contributed by atoms with Crippen LogP contribution in [0.5, 0.6) is 0 Å². The van der Waals surface area contributed by atoms with Gasteiger partial charge in [0.25, 0.3) is 0 Å². The van der Waals surface area contributed by atoms with Crippen LogP contribution in [0, 0.1) is 0 Å². The van der Waals surface area contributed by atoms with E-state index in [1.807, 2.05) is 0 Å². The Morgan fingerprint density at radius 3 is 0.641 bits per heavy atom. The third kappa shape index (κ3) is 12.8. The lowest BCUT2D eigenvalue weighted by Crippen LogP contribution is -2.26. The predicted molar refractivity (Wildman–Crippen MR) is 449 cm³/mol. The molecule has 0 amide bonds. The van der Waals surface area contributed by atoms with Crippen molar-refractivity contribution in [2.75, 3.05) is 0 Å². The fourth-order valence-electron chi connectivity index (χ4n) is 20.6. The van der Waals surface area contributed by atoms with Crippen LogP contribution in [0.1, 0.15) is 268 Å². The average molecular weight is 1350 g/mol. The SMILES string of the molecule is CCCCCCC1(CCCCCC)c2ccccc2-c2ccc(-c3ccc4c(c3)C(CCCCCC)(CCCCCC)c3cc(-c5c6ccccc6c(-c6c7ccccc7c(-c7ccc8c(c7)C(CCCCCC)(CCCCCC)c7ccccc7-8)c7ccccc67)c6ccccc56)ccc3-4)cc21. The topological polar surface area (TPSA) is 0 Å². The normalized spacial score (nSPS) is 14.2. The van der Waals surface area contributed by atoms with E-state index >= 15 is 0 Å². The lowest BCUT2D eigenvalue weighted by Gasteiger charge is -2.34.